The average Bonchev–Trinajstić information content (AvgIpc) is 2.11. The van der Waals surface area contributed by atoms with Gasteiger partial charge in [-0.15, -0.1) is 0 Å². The Morgan fingerprint density at radius 1 is 1.00 bits per heavy atom. The lowest BCUT2D eigenvalue weighted by Gasteiger charge is -2.18. The molecule has 0 saturated carbocycles. The van der Waals surface area contributed by atoms with Crippen molar-refractivity contribution in [1.29, 1.82) is 0 Å². The molecule has 1 heteroatoms. The van der Waals surface area contributed by atoms with Crippen molar-refractivity contribution in [1.82, 2.24) is 0 Å². The van der Waals surface area contributed by atoms with E-state index in [1.807, 2.05) is 0 Å². The number of hydrogen-bond acceptors (Lipinski definition) is 0. The summed E-state index contributed by atoms with van der Waals surface area (Å²) < 4.78 is 0. The second kappa shape index (κ2) is 7.37. The lowest BCUT2D eigenvalue weighted by atomic mass is 10.2. The third-order valence-corrected chi connectivity index (χ3v) is 6.42. The summed E-state index contributed by atoms with van der Waals surface area (Å²) in [5.41, 5.74) is 0. The van der Waals surface area contributed by atoms with Crippen molar-refractivity contribution in [2.75, 3.05) is 0 Å². The Labute approximate surface area is 85.4 Å². The average molecular weight is 198 g/mol. The molecule has 0 spiro atoms. The Balaban J connectivity index is 3.35. The van der Waals surface area contributed by atoms with Gasteiger partial charge < -0.3 is 0 Å². The van der Waals surface area contributed by atoms with Gasteiger partial charge in [-0.2, -0.15) is 0 Å². The molecule has 0 nitrogen and oxygen atoms in total. The van der Waals surface area contributed by atoms with E-state index in [2.05, 4.69) is 39.1 Å². The first-order valence-corrected chi connectivity index (χ1v) is 9.19. The Morgan fingerprint density at radius 2 is 1.62 bits per heavy atom. The maximum absolute atomic E-state index is 2.50. The highest BCUT2D eigenvalue weighted by Gasteiger charge is 2.15. The smallest absolute Gasteiger partial charge is 0.0471 e. The van der Waals surface area contributed by atoms with Crippen molar-refractivity contribution in [2.45, 2.75) is 64.7 Å². The van der Waals surface area contributed by atoms with Gasteiger partial charge in [0.15, 0.2) is 0 Å². The van der Waals surface area contributed by atoms with Crippen LogP contribution in [0.1, 0.15) is 39.5 Å². The van der Waals surface area contributed by atoms with Crippen LogP contribution in [0.5, 0.6) is 0 Å². The lowest BCUT2D eigenvalue weighted by Crippen LogP contribution is -2.22. The van der Waals surface area contributed by atoms with E-state index in [0.29, 0.717) is 0 Å². The third-order valence-electron chi connectivity index (χ3n) is 2.80. The molecule has 0 aromatic heterocycles. The van der Waals surface area contributed by atoms with E-state index in [4.69, 9.17) is 0 Å². The van der Waals surface area contributed by atoms with Crippen molar-refractivity contribution in [2.24, 2.45) is 0 Å². The van der Waals surface area contributed by atoms with Crippen LogP contribution in [0.25, 0.3) is 0 Å². The first-order chi connectivity index (χ1) is 6.12. The number of rotatable bonds is 7. The zero-order valence-corrected chi connectivity index (χ0v) is 10.9. The van der Waals surface area contributed by atoms with Gasteiger partial charge >= 0.3 is 0 Å². The molecule has 0 N–H and O–H groups in total. The highest BCUT2D eigenvalue weighted by atomic mass is 28.3. The quantitative estimate of drug-likeness (QED) is 0.312. The van der Waals surface area contributed by atoms with Gasteiger partial charge in [-0.05, 0) is 12.8 Å². The van der Waals surface area contributed by atoms with Crippen LogP contribution in [0.2, 0.25) is 25.2 Å². The summed E-state index contributed by atoms with van der Waals surface area (Å²) in [6.07, 6.45) is 9.95. The van der Waals surface area contributed by atoms with Gasteiger partial charge in [-0.1, -0.05) is 64.0 Å². The van der Waals surface area contributed by atoms with E-state index in [1.165, 1.54) is 37.8 Å². The molecule has 0 bridgehead atoms. The van der Waals surface area contributed by atoms with E-state index in [0.717, 1.165) is 0 Å². The van der Waals surface area contributed by atoms with Gasteiger partial charge in [0.05, 0.1) is 0 Å². The van der Waals surface area contributed by atoms with Gasteiger partial charge in [0.2, 0.25) is 0 Å². The van der Waals surface area contributed by atoms with Crippen LogP contribution in [0.4, 0.5) is 0 Å². The minimum absolute atomic E-state index is 0.780. The van der Waals surface area contributed by atoms with E-state index < -0.39 is 8.07 Å². The summed E-state index contributed by atoms with van der Waals surface area (Å²) in [5.74, 6) is 0. The molecule has 0 heterocycles. The normalized spacial score (nSPS) is 12.6. The largest absolute Gasteiger partial charge is 0.0886 e. The first-order valence-electron chi connectivity index (χ1n) is 5.77. The van der Waals surface area contributed by atoms with Gasteiger partial charge in [0.1, 0.15) is 0 Å². The highest BCUT2D eigenvalue weighted by molar-refractivity contribution is 6.77. The first kappa shape index (κ1) is 13.0. The lowest BCUT2D eigenvalue weighted by molar-refractivity contribution is 0.905. The number of hydrogen-bond donors (Lipinski definition) is 0. The fraction of sp³-hybridized carbons (Fsp3) is 0.833. The Morgan fingerprint density at radius 3 is 2.15 bits per heavy atom. The molecule has 0 atom stereocenters. The third kappa shape index (κ3) is 8.29. The molecule has 0 aliphatic rings. The molecule has 0 aromatic rings. The molecule has 0 unspecified atom stereocenters. The van der Waals surface area contributed by atoms with E-state index in [9.17, 15) is 0 Å². The van der Waals surface area contributed by atoms with Crippen molar-refractivity contribution in [3.63, 3.8) is 0 Å². The number of allylic oxidation sites excluding steroid dienone is 2. The molecule has 0 aliphatic carbocycles. The molecule has 13 heavy (non-hydrogen) atoms. The molecule has 0 amide bonds. The zero-order valence-electron chi connectivity index (χ0n) is 9.90. The topological polar surface area (TPSA) is 0 Å². The molecule has 78 valence electrons. The van der Waals surface area contributed by atoms with Crippen LogP contribution in [-0.4, -0.2) is 8.07 Å². The van der Waals surface area contributed by atoms with Gasteiger partial charge in [0.25, 0.3) is 0 Å². The maximum atomic E-state index is 2.50. The van der Waals surface area contributed by atoms with Gasteiger partial charge in [-0.3, -0.25) is 0 Å². The van der Waals surface area contributed by atoms with Crippen LogP contribution >= 0.6 is 0 Å². The van der Waals surface area contributed by atoms with Crippen LogP contribution < -0.4 is 0 Å². The Bertz CT molecular complexity index is 136. The molecule has 0 aliphatic heterocycles. The second-order valence-corrected chi connectivity index (χ2v) is 10.2. The minimum atomic E-state index is -0.780. The maximum Gasteiger partial charge on any atom is 0.0471 e. The summed E-state index contributed by atoms with van der Waals surface area (Å²) in [6, 6.07) is 2.94. The van der Waals surface area contributed by atoms with E-state index in [-0.39, 0.29) is 0 Å². The zero-order chi connectivity index (χ0) is 10.2. The molecular weight excluding hydrogens is 172 g/mol. The fourth-order valence-corrected chi connectivity index (χ4v) is 2.79. The molecule has 0 aromatic carbocycles. The summed E-state index contributed by atoms with van der Waals surface area (Å²) >= 11 is 0. The summed E-state index contributed by atoms with van der Waals surface area (Å²) in [7, 11) is -0.780. The van der Waals surface area contributed by atoms with E-state index >= 15 is 0 Å². The van der Waals surface area contributed by atoms with Crippen LogP contribution in [0.3, 0.4) is 0 Å². The van der Waals surface area contributed by atoms with Crippen LogP contribution in [0.15, 0.2) is 12.2 Å². The molecule has 0 radical (unpaired) electrons. The SMILES string of the molecule is CCCC=CCCC[Si](C)(C)CC. The van der Waals surface area contributed by atoms with Crippen molar-refractivity contribution >= 4 is 8.07 Å². The van der Waals surface area contributed by atoms with Gasteiger partial charge in [0, 0.05) is 8.07 Å². The molecule has 0 saturated heterocycles. The predicted octanol–water partition coefficient (Wildman–Crippen LogP) is 4.85. The molecular formula is C12H26Si. The molecule has 0 rings (SSSR count). The van der Waals surface area contributed by atoms with Crippen molar-refractivity contribution in [3.8, 4) is 0 Å². The monoisotopic (exact) mass is 198 g/mol. The van der Waals surface area contributed by atoms with Crippen LogP contribution in [-0.2, 0) is 0 Å². The predicted molar refractivity (Wildman–Crippen MR) is 66.1 cm³/mol. The fourth-order valence-electron chi connectivity index (χ4n) is 1.28. The number of unbranched alkanes of at least 4 members (excludes halogenated alkanes) is 2. The van der Waals surface area contributed by atoms with Crippen molar-refractivity contribution < 1.29 is 0 Å². The van der Waals surface area contributed by atoms with Crippen molar-refractivity contribution in [3.05, 3.63) is 12.2 Å². The summed E-state index contributed by atoms with van der Waals surface area (Å²) in [5, 5.41) is 0. The second-order valence-electron chi connectivity index (χ2n) is 4.67. The highest BCUT2D eigenvalue weighted by Crippen LogP contribution is 2.17. The minimum Gasteiger partial charge on any atom is -0.0886 e. The molecule has 0 fully saturated rings. The van der Waals surface area contributed by atoms with E-state index in [1.54, 1.807) is 0 Å². The standard InChI is InChI=1S/C12H26Si/c1-5-7-8-9-10-11-12-13(3,4)6-2/h8-9H,5-7,10-12H2,1-4H3. The van der Waals surface area contributed by atoms with Gasteiger partial charge in [-0.25, -0.2) is 0 Å². The Hall–Kier alpha value is -0.0431. The summed E-state index contributed by atoms with van der Waals surface area (Å²) in [6.45, 7) is 9.59. The summed E-state index contributed by atoms with van der Waals surface area (Å²) in [4.78, 5) is 0. The van der Waals surface area contributed by atoms with Crippen LogP contribution in [0, 0.1) is 0 Å². The Kier molecular flexibility index (Phi) is 7.34.